The highest BCUT2D eigenvalue weighted by Gasteiger charge is 2.17. The number of aromatic carboxylic acids is 1. The highest BCUT2D eigenvalue weighted by Crippen LogP contribution is 2.22. The third-order valence-electron chi connectivity index (χ3n) is 3.71. The zero-order chi connectivity index (χ0) is 14.6. The Labute approximate surface area is 116 Å². The molecular formula is C16H25NO2. The minimum absolute atomic E-state index is 0.370. The predicted molar refractivity (Wildman–Crippen MR) is 79.8 cm³/mol. The van der Waals surface area contributed by atoms with Crippen LogP contribution in [0.4, 0.5) is 5.69 Å². The van der Waals surface area contributed by atoms with Crippen LogP contribution in [0.3, 0.4) is 0 Å². The molecule has 106 valence electrons. The summed E-state index contributed by atoms with van der Waals surface area (Å²) < 4.78 is 0. The Morgan fingerprint density at radius 1 is 1.21 bits per heavy atom. The second-order valence-electron chi connectivity index (χ2n) is 5.87. The summed E-state index contributed by atoms with van der Waals surface area (Å²) in [5.74, 6) is 1.00. The number of hydrogen-bond acceptors (Lipinski definition) is 2. The fraction of sp³-hybridized carbons (Fsp3) is 0.562. The van der Waals surface area contributed by atoms with Crippen LogP contribution >= 0.6 is 0 Å². The second-order valence-corrected chi connectivity index (χ2v) is 5.87. The van der Waals surface area contributed by atoms with Gasteiger partial charge in [0.2, 0.25) is 0 Å². The van der Waals surface area contributed by atoms with Crippen LogP contribution in [-0.2, 0) is 0 Å². The molecule has 19 heavy (non-hydrogen) atoms. The molecule has 0 unspecified atom stereocenters. The van der Waals surface area contributed by atoms with Crippen LogP contribution in [0.2, 0.25) is 0 Å². The van der Waals surface area contributed by atoms with Gasteiger partial charge in [0.15, 0.2) is 0 Å². The molecule has 2 N–H and O–H groups in total. The lowest BCUT2D eigenvalue weighted by Gasteiger charge is -2.25. The molecule has 3 heteroatoms. The van der Waals surface area contributed by atoms with Gasteiger partial charge < -0.3 is 10.4 Å². The summed E-state index contributed by atoms with van der Waals surface area (Å²) in [6, 6.07) is 5.41. The van der Waals surface area contributed by atoms with E-state index < -0.39 is 5.97 Å². The normalized spacial score (nSPS) is 11.4. The average Bonchev–Trinajstić information content (AvgIpc) is 2.27. The van der Waals surface area contributed by atoms with E-state index in [9.17, 15) is 4.79 Å². The van der Waals surface area contributed by atoms with Crippen molar-refractivity contribution in [2.45, 2.75) is 34.6 Å². The van der Waals surface area contributed by atoms with Gasteiger partial charge in [-0.25, -0.2) is 4.79 Å². The third kappa shape index (κ3) is 4.27. The Morgan fingerprint density at radius 3 is 2.21 bits per heavy atom. The maximum atomic E-state index is 11.0. The van der Waals surface area contributed by atoms with Crippen molar-refractivity contribution in [3.05, 3.63) is 29.3 Å². The lowest BCUT2D eigenvalue weighted by atomic mass is 9.85. The zero-order valence-corrected chi connectivity index (χ0v) is 12.5. The average molecular weight is 263 g/mol. The Morgan fingerprint density at radius 2 is 1.79 bits per heavy atom. The van der Waals surface area contributed by atoms with Gasteiger partial charge in [-0.2, -0.15) is 0 Å². The van der Waals surface area contributed by atoms with Gasteiger partial charge in [-0.1, -0.05) is 27.7 Å². The molecule has 0 aliphatic heterocycles. The first-order chi connectivity index (χ1) is 8.82. The first-order valence-corrected chi connectivity index (χ1v) is 6.90. The molecule has 0 aromatic heterocycles. The summed E-state index contributed by atoms with van der Waals surface area (Å²) in [5.41, 5.74) is 2.16. The maximum Gasteiger partial charge on any atom is 0.335 e. The number of hydrogen-bond donors (Lipinski definition) is 2. The molecule has 0 radical (unpaired) electrons. The maximum absolute atomic E-state index is 11.0. The van der Waals surface area contributed by atoms with Crippen molar-refractivity contribution in [1.82, 2.24) is 0 Å². The summed E-state index contributed by atoms with van der Waals surface area (Å²) in [5, 5.41) is 12.4. The van der Waals surface area contributed by atoms with Gasteiger partial charge in [-0.3, -0.25) is 0 Å². The fourth-order valence-corrected chi connectivity index (χ4v) is 2.49. The zero-order valence-electron chi connectivity index (χ0n) is 12.5. The Kier molecular flexibility index (Phi) is 5.40. The van der Waals surface area contributed by atoms with Crippen molar-refractivity contribution in [3.8, 4) is 0 Å². The van der Waals surface area contributed by atoms with Gasteiger partial charge in [0, 0.05) is 12.2 Å². The SMILES string of the molecule is Cc1cc(NCC(C(C)C)C(C)C)ccc1C(=O)O. The van der Waals surface area contributed by atoms with Crippen molar-refractivity contribution in [2.24, 2.45) is 17.8 Å². The Balaban J connectivity index is 2.73. The van der Waals surface area contributed by atoms with Crippen molar-refractivity contribution in [3.63, 3.8) is 0 Å². The van der Waals surface area contributed by atoms with Crippen LogP contribution in [0.25, 0.3) is 0 Å². The van der Waals surface area contributed by atoms with Crippen molar-refractivity contribution in [2.75, 3.05) is 11.9 Å². The molecule has 0 amide bonds. The number of anilines is 1. The van der Waals surface area contributed by atoms with Crippen LogP contribution in [0.1, 0.15) is 43.6 Å². The van der Waals surface area contributed by atoms with E-state index in [1.54, 1.807) is 6.07 Å². The summed E-state index contributed by atoms with van der Waals surface area (Å²) in [7, 11) is 0. The van der Waals surface area contributed by atoms with Gasteiger partial charge in [0.05, 0.1) is 5.56 Å². The van der Waals surface area contributed by atoms with Crippen LogP contribution in [0.5, 0.6) is 0 Å². The number of carboxylic acids is 1. The van der Waals surface area contributed by atoms with E-state index in [-0.39, 0.29) is 0 Å². The minimum Gasteiger partial charge on any atom is -0.478 e. The molecule has 1 aromatic rings. The first kappa shape index (κ1) is 15.5. The number of carboxylic acid groups (broad SMARTS) is 1. The second kappa shape index (κ2) is 6.60. The monoisotopic (exact) mass is 263 g/mol. The quantitative estimate of drug-likeness (QED) is 0.814. The van der Waals surface area contributed by atoms with Gasteiger partial charge in [0.1, 0.15) is 0 Å². The van der Waals surface area contributed by atoms with E-state index in [1.807, 2.05) is 19.1 Å². The third-order valence-corrected chi connectivity index (χ3v) is 3.71. The van der Waals surface area contributed by atoms with Gasteiger partial charge in [0.25, 0.3) is 0 Å². The molecule has 0 saturated heterocycles. The molecule has 0 heterocycles. The number of aryl methyl sites for hydroxylation is 1. The van der Waals surface area contributed by atoms with E-state index in [2.05, 4.69) is 33.0 Å². The molecule has 0 aliphatic rings. The topological polar surface area (TPSA) is 49.3 Å². The van der Waals surface area contributed by atoms with Crippen LogP contribution in [-0.4, -0.2) is 17.6 Å². The number of nitrogens with one attached hydrogen (secondary N) is 1. The Hall–Kier alpha value is -1.51. The molecular weight excluding hydrogens is 238 g/mol. The van der Waals surface area contributed by atoms with Crippen molar-refractivity contribution in [1.29, 1.82) is 0 Å². The lowest BCUT2D eigenvalue weighted by Crippen LogP contribution is -2.24. The standard InChI is InChI=1S/C16H25NO2/c1-10(2)15(11(3)4)9-17-13-6-7-14(16(18)19)12(5)8-13/h6-8,10-11,15,17H,9H2,1-5H3,(H,18,19). The molecule has 0 spiro atoms. The van der Waals surface area contributed by atoms with Crippen LogP contribution < -0.4 is 5.32 Å². The molecule has 0 bridgehead atoms. The molecule has 1 rings (SSSR count). The van der Waals surface area contributed by atoms with Crippen LogP contribution in [0, 0.1) is 24.7 Å². The van der Waals surface area contributed by atoms with E-state index in [0.29, 0.717) is 23.3 Å². The first-order valence-electron chi connectivity index (χ1n) is 6.90. The largest absolute Gasteiger partial charge is 0.478 e. The summed E-state index contributed by atoms with van der Waals surface area (Å²) in [4.78, 5) is 11.0. The van der Waals surface area contributed by atoms with Gasteiger partial charge >= 0.3 is 5.97 Å². The van der Waals surface area contributed by atoms with E-state index >= 15 is 0 Å². The van der Waals surface area contributed by atoms with E-state index in [4.69, 9.17) is 5.11 Å². The molecule has 1 aromatic carbocycles. The highest BCUT2D eigenvalue weighted by molar-refractivity contribution is 5.89. The fourth-order valence-electron chi connectivity index (χ4n) is 2.49. The summed E-state index contributed by atoms with van der Waals surface area (Å²) in [6.45, 7) is 11.7. The summed E-state index contributed by atoms with van der Waals surface area (Å²) >= 11 is 0. The summed E-state index contributed by atoms with van der Waals surface area (Å²) in [6.07, 6.45) is 0. The van der Waals surface area contributed by atoms with Crippen LogP contribution in [0.15, 0.2) is 18.2 Å². The van der Waals surface area contributed by atoms with Gasteiger partial charge in [-0.05, 0) is 48.4 Å². The molecule has 0 fully saturated rings. The molecule has 0 saturated carbocycles. The minimum atomic E-state index is -0.869. The molecule has 0 atom stereocenters. The lowest BCUT2D eigenvalue weighted by molar-refractivity contribution is 0.0696. The number of rotatable bonds is 6. The Bertz CT molecular complexity index is 430. The van der Waals surface area contributed by atoms with Gasteiger partial charge in [-0.15, -0.1) is 0 Å². The van der Waals surface area contributed by atoms with E-state index in [0.717, 1.165) is 17.8 Å². The van der Waals surface area contributed by atoms with E-state index in [1.165, 1.54) is 0 Å². The van der Waals surface area contributed by atoms with Crippen molar-refractivity contribution >= 4 is 11.7 Å². The highest BCUT2D eigenvalue weighted by atomic mass is 16.4. The predicted octanol–water partition coefficient (Wildman–Crippen LogP) is 4.03. The van der Waals surface area contributed by atoms with Crippen molar-refractivity contribution < 1.29 is 9.90 Å². The smallest absolute Gasteiger partial charge is 0.335 e. The molecule has 0 aliphatic carbocycles. The number of carbonyl (C=O) groups is 1. The molecule has 3 nitrogen and oxygen atoms in total. The number of benzene rings is 1.